The minimum atomic E-state index is -1.12. The van der Waals surface area contributed by atoms with Gasteiger partial charge in [-0.2, -0.15) is 0 Å². The summed E-state index contributed by atoms with van der Waals surface area (Å²) in [5.74, 6) is 1.63. The molecule has 18 heteroatoms. The summed E-state index contributed by atoms with van der Waals surface area (Å²) in [5, 5.41) is 17.6. The SMILES string of the molecule is C.C.Cc1nc(N2CCC3(CCC[C@H]3N)CC2)c(C(C)(C)O)nc1Sc1cccc(Cl)c1Cl.Cc1nc(N2CCC3(CCC[C@H]3NC(=O)OC(C)(C)C)CC2)c(Br)nc1Sc1cccc(Cl)c1Cl. The first-order valence-electron chi connectivity index (χ1n) is 22.7. The first-order valence-corrected chi connectivity index (χ1v) is 26.7. The lowest BCUT2D eigenvalue weighted by molar-refractivity contribution is 0.0442. The number of rotatable bonds is 8. The molecule has 374 valence electrons. The van der Waals surface area contributed by atoms with Gasteiger partial charge in [0.05, 0.1) is 31.5 Å². The lowest BCUT2D eigenvalue weighted by Gasteiger charge is -2.44. The van der Waals surface area contributed by atoms with Gasteiger partial charge in [0.15, 0.2) is 11.6 Å². The van der Waals surface area contributed by atoms with Crippen molar-refractivity contribution in [3.05, 3.63) is 78.2 Å². The first-order chi connectivity index (χ1) is 31.1. The number of aromatic nitrogens is 4. The summed E-state index contributed by atoms with van der Waals surface area (Å²) in [6, 6.07) is 11.6. The zero-order valence-electron chi connectivity index (χ0n) is 38.7. The maximum atomic E-state index is 12.4. The van der Waals surface area contributed by atoms with Crippen molar-refractivity contribution in [2.45, 2.75) is 171 Å². The number of amides is 1. The van der Waals surface area contributed by atoms with E-state index >= 15 is 0 Å². The molecule has 4 aliphatic rings. The van der Waals surface area contributed by atoms with Crippen LogP contribution in [0.15, 0.2) is 60.8 Å². The van der Waals surface area contributed by atoms with Crippen LogP contribution in [0.3, 0.4) is 0 Å². The third-order valence-corrected chi connectivity index (χ3v) is 18.2. The molecule has 0 bridgehead atoms. The number of hydrogen-bond donors (Lipinski definition) is 3. The fourth-order valence-electron chi connectivity index (χ4n) is 9.85. The van der Waals surface area contributed by atoms with E-state index in [1.807, 2.05) is 58.9 Å². The van der Waals surface area contributed by atoms with Gasteiger partial charge in [0.1, 0.15) is 31.6 Å². The average molecular weight is 1120 g/mol. The molecule has 2 aliphatic heterocycles. The van der Waals surface area contributed by atoms with Gasteiger partial charge in [-0.1, -0.05) is 110 Å². The first kappa shape index (κ1) is 56.6. The van der Waals surface area contributed by atoms with E-state index in [1.54, 1.807) is 26.0 Å². The Morgan fingerprint density at radius 2 is 1.22 bits per heavy atom. The van der Waals surface area contributed by atoms with Crippen LogP contribution in [0.4, 0.5) is 16.4 Å². The number of halogens is 5. The maximum absolute atomic E-state index is 12.4. The van der Waals surface area contributed by atoms with Crippen LogP contribution in [0.5, 0.6) is 0 Å². The van der Waals surface area contributed by atoms with Crippen molar-refractivity contribution in [1.82, 2.24) is 25.3 Å². The second-order valence-electron chi connectivity index (χ2n) is 19.7. The minimum absolute atomic E-state index is 0. The van der Waals surface area contributed by atoms with Gasteiger partial charge >= 0.3 is 6.09 Å². The molecular weight excluding hydrogens is 1050 g/mol. The van der Waals surface area contributed by atoms with E-state index in [4.69, 9.17) is 76.8 Å². The van der Waals surface area contributed by atoms with Gasteiger partial charge in [0.25, 0.3) is 0 Å². The molecule has 2 aliphatic carbocycles. The van der Waals surface area contributed by atoms with Crippen molar-refractivity contribution in [3.8, 4) is 0 Å². The molecular formula is C50H69BrCl4N8O3S2. The topological polar surface area (TPSA) is 143 Å². The quantitative estimate of drug-likeness (QED) is 0.155. The van der Waals surface area contributed by atoms with Gasteiger partial charge in [0, 0.05) is 48.1 Å². The molecule has 0 radical (unpaired) electrons. The van der Waals surface area contributed by atoms with Crippen molar-refractivity contribution in [3.63, 3.8) is 0 Å². The van der Waals surface area contributed by atoms with Crippen molar-refractivity contribution >= 4 is 104 Å². The lowest BCUT2D eigenvalue weighted by atomic mass is 9.74. The molecule has 2 saturated heterocycles. The normalized spacial score (nSPS) is 19.8. The molecule has 2 saturated carbocycles. The second kappa shape index (κ2) is 23.1. The highest BCUT2D eigenvalue weighted by Gasteiger charge is 2.47. The summed E-state index contributed by atoms with van der Waals surface area (Å²) in [5.41, 5.74) is 7.46. The van der Waals surface area contributed by atoms with Gasteiger partial charge in [-0.25, -0.2) is 24.7 Å². The highest BCUT2D eigenvalue weighted by Crippen LogP contribution is 2.49. The molecule has 2 aromatic heterocycles. The van der Waals surface area contributed by atoms with Crippen molar-refractivity contribution in [2.75, 3.05) is 36.0 Å². The largest absolute Gasteiger partial charge is 0.444 e. The summed E-state index contributed by atoms with van der Waals surface area (Å²) in [7, 11) is 0. The van der Waals surface area contributed by atoms with E-state index < -0.39 is 11.2 Å². The zero-order chi connectivity index (χ0) is 47.8. The van der Waals surface area contributed by atoms with Crippen molar-refractivity contribution in [1.29, 1.82) is 0 Å². The molecule has 2 spiro atoms. The predicted molar refractivity (Wildman–Crippen MR) is 288 cm³/mol. The Morgan fingerprint density at radius 3 is 1.72 bits per heavy atom. The van der Waals surface area contributed by atoms with Crippen LogP contribution < -0.4 is 20.9 Å². The Hall–Kier alpha value is -2.27. The average Bonchev–Trinajstić information content (AvgIpc) is 3.80. The van der Waals surface area contributed by atoms with Crippen LogP contribution in [-0.2, 0) is 10.3 Å². The molecule has 4 heterocycles. The second-order valence-corrected chi connectivity index (χ2v) is 24.1. The molecule has 8 rings (SSSR count). The number of hydrogen-bond acceptors (Lipinski definition) is 12. The number of benzene rings is 2. The summed E-state index contributed by atoms with van der Waals surface area (Å²) >= 11 is 31.6. The van der Waals surface area contributed by atoms with Gasteiger partial charge in [0.2, 0.25) is 0 Å². The Kier molecular flexibility index (Phi) is 19.2. The molecule has 1 amide bonds. The summed E-state index contributed by atoms with van der Waals surface area (Å²) in [6.07, 6.45) is 10.6. The fraction of sp³-hybridized carbons (Fsp3) is 0.580. The highest BCUT2D eigenvalue weighted by atomic mass is 79.9. The minimum Gasteiger partial charge on any atom is -0.444 e. The Balaban J connectivity index is 0.000000248. The molecule has 4 N–H and O–H groups in total. The third kappa shape index (κ3) is 13.0. The Bertz CT molecular complexity index is 2410. The van der Waals surface area contributed by atoms with E-state index in [2.05, 4.69) is 31.0 Å². The number of ether oxygens (including phenoxy) is 1. The number of carbonyl (C=O) groups excluding carboxylic acids is 1. The van der Waals surface area contributed by atoms with E-state index in [1.165, 1.54) is 36.4 Å². The van der Waals surface area contributed by atoms with Crippen molar-refractivity contribution in [2.24, 2.45) is 16.6 Å². The monoisotopic (exact) mass is 1110 g/mol. The summed E-state index contributed by atoms with van der Waals surface area (Å²) < 4.78 is 6.24. The van der Waals surface area contributed by atoms with Crippen LogP contribution in [-0.4, -0.2) is 75.0 Å². The Morgan fingerprint density at radius 1 is 0.750 bits per heavy atom. The van der Waals surface area contributed by atoms with E-state index in [0.717, 1.165) is 125 Å². The molecule has 4 fully saturated rings. The van der Waals surface area contributed by atoms with Crippen LogP contribution in [0.1, 0.15) is 131 Å². The standard InChI is InChI=1S/C25H31BrCl2N4O2S.C23H30Cl2N4OS.2CH4/c1-15-22(35-17-8-5-7-16(27)19(17)28)31-20(26)21(29-15)32-13-11-25(12-14-32)10-6-9-18(25)30-23(33)34-24(2,3)4;1-14-21(31-16-7-4-6-15(24)18(16)25)28-19(22(2,3)30)20(27-14)29-12-10-23(11-13-29)9-5-8-17(23)26;;/h5,7-8,18H,6,9-14H2,1-4H3,(H,30,33);4,6-7,17,30H,5,8-13,26H2,1-3H3;2*1H4/t18-;17-;;/m11../s1. The zero-order valence-corrected chi connectivity index (χ0v) is 45.0. The molecule has 11 nitrogen and oxygen atoms in total. The molecule has 4 aromatic rings. The van der Waals surface area contributed by atoms with Crippen LogP contribution in [0.2, 0.25) is 20.1 Å². The smallest absolute Gasteiger partial charge is 0.407 e. The van der Waals surface area contributed by atoms with Gasteiger partial charge in [-0.05, 0) is 151 Å². The third-order valence-electron chi connectivity index (χ3n) is 13.5. The number of aryl methyl sites for hydroxylation is 2. The van der Waals surface area contributed by atoms with Crippen LogP contribution in [0, 0.1) is 24.7 Å². The van der Waals surface area contributed by atoms with Crippen LogP contribution in [0.25, 0.3) is 0 Å². The summed E-state index contributed by atoms with van der Waals surface area (Å²) in [4.78, 5) is 38.1. The summed E-state index contributed by atoms with van der Waals surface area (Å²) in [6.45, 7) is 16.6. The number of nitrogens with two attached hydrogens (primary N) is 1. The molecule has 2 atom stereocenters. The molecule has 2 aromatic carbocycles. The fourth-order valence-corrected chi connectivity index (χ4v) is 13.2. The number of carbonyl (C=O) groups is 1. The number of aliphatic hydroxyl groups is 1. The van der Waals surface area contributed by atoms with E-state index in [9.17, 15) is 9.90 Å². The predicted octanol–water partition coefficient (Wildman–Crippen LogP) is 14.5. The van der Waals surface area contributed by atoms with E-state index in [0.29, 0.717) is 31.8 Å². The maximum Gasteiger partial charge on any atom is 0.407 e. The van der Waals surface area contributed by atoms with Crippen molar-refractivity contribution < 1.29 is 14.6 Å². The molecule has 0 unspecified atom stereocenters. The van der Waals surface area contributed by atoms with Crippen LogP contribution >= 0.6 is 85.9 Å². The lowest BCUT2D eigenvalue weighted by Crippen LogP contribution is -2.51. The van der Waals surface area contributed by atoms with Gasteiger partial charge < -0.3 is 30.7 Å². The number of alkyl carbamates (subject to hydrolysis) is 1. The van der Waals surface area contributed by atoms with Gasteiger partial charge in [-0.15, -0.1) is 0 Å². The highest BCUT2D eigenvalue weighted by molar-refractivity contribution is 9.10. The number of anilines is 2. The number of nitrogens with one attached hydrogen (secondary N) is 1. The number of piperidine rings is 2. The number of nitrogens with zero attached hydrogens (tertiary/aromatic N) is 6. The Labute approximate surface area is 441 Å². The molecule has 68 heavy (non-hydrogen) atoms. The van der Waals surface area contributed by atoms with E-state index in [-0.39, 0.29) is 37.8 Å². The van der Waals surface area contributed by atoms with Gasteiger partial charge in [-0.3, -0.25) is 0 Å².